The summed E-state index contributed by atoms with van der Waals surface area (Å²) >= 11 is 2.93. The van der Waals surface area contributed by atoms with E-state index in [0.717, 1.165) is 29.5 Å². The third-order valence-electron chi connectivity index (χ3n) is 5.89. The van der Waals surface area contributed by atoms with E-state index in [0.29, 0.717) is 28.7 Å². The van der Waals surface area contributed by atoms with Gasteiger partial charge >= 0.3 is 0 Å². The number of benzene rings is 1. The van der Waals surface area contributed by atoms with Crippen molar-refractivity contribution in [2.75, 3.05) is 11.9 Å². The minimum absolute atomic E-state index is 0.00360. The Morgan fingerprint density at radius 3 is 2.88 bits per heavy atom. The van der Waals surface area contributed by atoms with Gasteiger partial charge in [0.1, 0.15) is 10.6 Å². The highest BCUT2D eigenvalue weighted by atomic mass is 32.2. The molecular weight excluding hydrogens is 458 g/mol. The number of nitrogens with one attached hydrogen (secondary N) is 1. The largest absolute Gasteiger partial charge is 0.482 e. The normalized spacial score (nSPS) is 15.8. The number of carbonyl (C=O) groups excluding carboxylic acids is 2. The molecule has 3 aromatic rings. The van der Waals surface area contributed by atoms with Gasteiger partial charge in [0.15, 0.2) is 17.5 Å². The second kappa shape index (κ2) is 8.61. The molecule has 0 saturated carbocycles. The van der Waals surface area contributed by atoms with Crippen LogP contribution in [0.4, 0.5) is 5.69 Å². The van der Waals surface area contributed by atoms with Gasteiger partial charge in [0, 0.05) is 17.0 Å². The smallest absolute Gasteiger partial charge is 0.263 e. The maximum atomic E-state index is 13.5. The van der Waals surface area contributed by atoms with E-state index in [1.165, 1.54) is 22.2 Å². The molecule has 1 atom stereocenters. The van der Waals surface area contributed by atoms with Crippen LogP contribution >= 0.6 is 23.1 Å². The zero-order chi connectivity index (χ0) is 23.3. The minimum atomic E-state index is -0.460. The molecule has 0 radical (unpaired) electrons. The predicted octanol–water partition coefficient (Wildman–Crippen LogP) is 4.30. The molecule has 2 aromatic heterocycles. The monoisotopic (exact) mass is 483 g/mol. The number of aromatic nitrogens is 2. The first-order chi connectivity index (χ1) is 15.8. The summed E-state index contributed by atoms with van der Waals surface area (Å²) in [4.78, 5) is 45.3. The first-order valence-corrected chi connectivity index (χ1v) is 12.8. The Labute approximate surface area is 199 Å². The van der Waals surface area contributed by atoms with Crippen molar-refractivity contribution in [1.82, 2.24) is 9.55 Å². The van der Waals surface area contributed by atoms with Crippen molar-refractivity contribution in [1.29, 1.82) is 0 Å². The van der Waals surface area contributed by atoms with Crippen molar-refractivity contribution in [3.05, 3.63) is 44.6 Å². The number of hydrogen-bond acceptors (Lipinski definition) is 7. The molecule has 1 N–H and O–H groups in total. The highest BCUT2D eigenvalue weighted by Crippen LogP contribution is 2.37. The van der Waals surface area contributed by atoms with Crippen LogP contribution in [-0.2, 0) is 24.2 Å². The predicted molar refractivity (Wildman–Crippen MR) is 131 cm³/mol. The number of thioether (sulfide) groups is 1. The number of thiophene rings is 1. The molecule has 1 aliphatic heterocycles. The van der Waals surface area contributed by atoms with Crippen molar-refractivity contribution < 1.29 is 14.3 Å². The van der Waals surface area contributed by atoms with Crippen LogP contribution in [0.15, 0.2) is 28.2 Å². The van der Waals surface area contributed by atoms with Crippen LogP contribution in [0.3, 0.4) is 0 Å². The average Bonchev–Trinajstić information content (AvgIpc) is 3.36. The minimum Gasteiger partial charge on any atom is -0.482 e. The van der Waals surface area contributed by atoms with Gasteiger partial charge in [0.25, 0.3) is 11.5 Å². The van der Waals surface area contributed by atoms with Gasteiger partial charge in [-0.3, -0.25) is 19.0 Å². The maximum Gasteiger partial charge on any atom is 0.263 e. The molecule has 0 spiro atoms. The summed E-state index contributed by atoms with van der Waals surface area (Å²) in [7, 11) is 0. The highest BCUT2D eigenvalue weighted by molar-refractivity contribution is 8.00. The standard InChI is InChI=1S/C24H25N3O4S2/c1-12(2)10-27-23(30)20-15-5-4-6-18(15)33-22(20)26-24(27)32-13(3)21(29)14-7-8-17-16(9-14)25-19(28)11-31-17/h7-9,12-13H,4-6,10-11H2,1-3H3,(H,25,28)/t13-/m0/s1. The van der Waals surface area contributed by atoms with Crippen molar-refractivity contribution in [3.8, 4) is 5.75 Å². The van der Waals surface area contributed by atoms with Crippen LogP contribution < -0.4 is 15.6 Å². The zero-order valence-corrected chi connectivity index (χ0v) is 20.4. The number of nitrogens with zero attached hydrogens (tertiary/aromatic N) is 2. The molecule has 9 heteroatoms. The molecule has 3 heterocycles. The molecule has 0 unspecified atom stereocenters. The molecule has 172 valence electrons. The Hall–Kier alpha value is -2.65. The Kier molecular flexibility index (Phi) is 5.78. The van der Waals surface area contributed by atoms with Crippen LogP contribution in [0, 0.1) is 5.92 Å². The molecule has 1 aromatic carbocycles. The van der Waals surface area contributed by atoms with Crippen LogP contribution in [0.1, 0.15) is 48.0 Å². The van der Waals surface area contributed by atoms with Gasteiger partial charge in [-0.25, -0.2) is 4.98 Å². The third-order valence-corrected chi connectivity index (χ3v) is 8.16. The van der Waals surface area contributed by atoms with Gasteiger partial charge in [0.05, 0.1) is 16.3 Å². The second-order valence-electron chi connectivity index (χ2n) is 8.91. The van der Waals surface area contributed by atoms with E-state index in [-0.39, 0.29) is 29.8 Å². The van der Waals surface area contributed by atoms with E-state index in [2.05, 4.69) is 19.2 Å². The molecule has 1 aliphatic carbocycles. The van der Waals surface area contributed by atoms with Crippen LogP contribution in [-0.4, -0.2) is 33.1 Å². The lowest BCUT2D eigenvalue weighted by molar-refractivity contribution is -0.118. The van der Waals surface area contributed by atoms with Gasteiger partial charge in [0.2, 0.25) is 0 Å². The third kappa shape index (κ3) is 4.08. The number of fused-ring (bicyclic) bond motifs is 4. The van der Waals surface area contributed by atoms with Gasteiger partial charge in [-0.2, -0.15) is 0 Å². The van der Waals surface area contributed by atoms with E-state index in [9.17, 15) is 14.4 Å². The maximum absolute atomic E-state index is 13.5. The fourth-order valence-corrected chi connectivity index (χ4v) is 6.65. The van der Waals surface area contributed by atoms with E-state index in [4.69, 9.17) is 9.72 Å². The van der Waals surface area contributed by atoms with Crippen LogP contribution in [0.5, 0.6) is 5.75 Å². The average molecular weight is 484 g/mol. The number of anilines is 1. The van der Waals surface area contributed by atoms with E-state index < -0.39 is 5.25 Å². The lowest BCUT2D eigenvalue weighted by atomic mass is 10.1. The second-order valence-corrected chi connectivity index (χ2v) is 11.3. The number of aryl methyl sites for hydroxylation is 2. The van der Waals surface area contributed by atoms with Gasteiger partial charge in [-0.15, -0.1) is 11.3 Å². The number of rotatable bonds is 6. The number of hydrogen-bond donors (Lipinski definition) is 1. The van der Waals surface area contributed by atoms with Crippen molar-refractivity contribution in [3.63, 3.8) is 0 Å². The summed E-state index contributed by atoms with van der Waals surface area (Å²) in [5, 5.41) is 3.63. The number of amides is 1. The number of ether oxygens (including phenoxy) is 1. The molecule has 0 fully saturated rings. The highest BCUT2D eigenvalue weighted by Gasteiger charge is 2.26. The summed E-state index contributed by atoms with van der Waals surface area (Å²) < 4.78 is 7.13. The Morgan fingerprint density at radius 2 is 2.09 bits per heavy atom. The van der Waals surface area contributed by atoms with Gasteiger partial charge in [-0.1, -0.05) is 25.6 Å². The number of ketones is 1. The van der Waals surface area contributed by atoms with E-state index >= 15 is 0 Å². The number of Topliss-reactive ketones (excluding diaryl/α,β-unsaturated/α-hetero) is 1. The Morgan fingerprint density at radius 1 is 1.27 bits per heavy atom. The lowest BCUT2D eigenvalue weighted by Gasteiger charge is -2.19. The van der Waals surface area contributed by atoms with Gasteiger partial charge in [-0.05, 0) is 55.9 Å². The van der Waals surface area contributed by atoms with Crippen molar-refractivity contribution in [2.45, 2.75) is 57.0 Å². The summed E-state index contributed by atoms with van der Waals surface area (Å²) in [5.41, 5.74) is 2.15. The summed E-state index contributed by atoms with van der Waals surface area (Å²) in [6, 6.07) is 5.05. The van der Waals surface area contributed by atoms with E-state index in [1.54, 1.807) is 34.1 Å². The van der Waals surface area contributed by atoms with E-state index in [1.807, 2.05) is 6.92 Å². The molecule has 1 amide bonds. The fourth-order valence-electron chi connectivity index (χ4n) is 4.36. The topological polar surface area (TPSA) is 90.3 Å². The van der Waals surface area contributed by atoms with Crippen LogP contribution in [0.2, 0.25) is 0 Å². The summed E-state index contributed by atoms with van der Waals surface area (Å²) in [5.74, 6) is 0.479. The molecular formula is C24H25N3O4S2. The molecule has 0 saturated heterocycles. The van der Waals surface area contributed by atoms with Crippen LogP contribution in [0.25, 0.3) is 10.2 Å². The molecule has 33 heavy (non-hydrogen) atoms. The molecule has 0 bridgehead atoms. The first kappa shape index (κ1) is 22.2. The van der Waals surface area contributed by atoms with Crippen molar-refractivity contribution in [2.24, 2.45) is 5.92 Å². The fraction of sp³-hybridized carbons (Fsp3) is 0.417. The van der Waals surface area contributed by atoms with Crippen molar-refractivity contribution >= 4 is 50.7 Å². The zero-order valence-electron chi connectivity index (χ0n) is 18.8. The SMILES string of the molecule is CC(C)Cn1c(S[C@@H](C)C(=O)c2ccc3c(c2)NC(=O)CO3)nc2sc3c(c2c1=O)CCC3. The van der Waals surface area contributed by atoms with Gasteiger partial charge < -0.3 is 10.1 Å². The first-order valence-electron chi connectivity index (χ1n) is 11.1. The molecule has 2 aliphatic rings. The summed E-state index contributed by atoms with van der Waals surface area (Å²) in [6.45, 7) is 6.49. The number of carbonyl (C=O) groups is 2. The quantitative estimate of drug-likeness (QED) is 0.319. The molecule has 7 nitrogen and oxygen atoms in total. The molecule has 5 rings (SSSR count). The Balaban J connectivity index is 1.48. The lowest BCUT2D eigenvalue weighted by Crippen LogP contribution is -2.27. The Bertz CT molecular complexity index is 1340. The summed E-state index contributed by atoms with van der Waals surface area (Å²) in [6.07, 6.45) is 3.04.